The van der Waals surface area contributed by atoms with Crippen molar-refractivity contribution < 1.29 is 19.7 Å². The maximum Gasteiger partial charge on any atom is 0.131 e. The first-order valence-electron chi connectivity index (χ1n) is 16.9. The van der Waals surface area contributed by atoms with Crippen molar-refractivity contribution in [3.05, 3.63) is 143 Å². The molecule has 6 aromatic rings. The molecule has 6 aromatic carbocycles. The van der Waals surface area contributed by atoms with Crippen molar-refractivity contribution in [1.82, 2.24) is 0 Å². The molecule has 0 atom stereocenters. The van der Waals surface area contributed by atoms with E-state index < -0.39 is 0 Å². The van der Waals surface area contributed by atoms with Crippen LogP contribution in [0.1, 0.15) is 39.8 Å². The van der Waals surface area contributed by atoms with E-state index in [1.54, 1.807) is 0 Å². The van der Waals surface area contributed by atoms with Gasteiger partial charge in [0.25, 0.3) is 0 Å². The zero-order valence-corrected chi connectivity index (χ0v) is 29.2. The monoisotopic (exact) mass is 648 g/mol. The zero-order valence-electron chi connectivity index (χ0n) is 29.2. The number of hydrogen-bond acceptors (Lipinski definition) is 4. The molecule has 0 amide bonds. The fraction of sp³-hybridized carbons (Fsp3) is 0.200. The summed E-state index contributed by atoms with van der Waals surface area (Å²) in [4.78, 5) is 0. The minimum Gasteiger partial charge on any atom is -0.507 e. The SMILES string of the molecule is Cc1cc(C)cc(-c2cc(C)cc(-c3ccccc3OCCCOc3ccccc3-c3cc(C)cc(-c4cc(C)cc(C)c4)c3O)c2O)c1. The third kappa shape index (κ3) is 7.49. The molecule has 248 valence electrons. The van der Waals surface area contributed by atoms with E-state index in [0.29, 0.717) is 31.1 Å². The Kier molecular flexibility index (Phi) is 9.77. The number of ether oxygens (including phenoxy) is 2. The molecule has 0 aliphatic carbocycles. The van der Waals surface area contributed by atoms with Crippen molar-refractivity contribution >= 4 is 0 Å². The maximum atomic E-state index is 11.5. The van der Waals surface area contributed by atoms with E-state index in [0.717, 1.165) is 77.9 Å². The minimum atomic E-state index is 0.242. The summed E-state index contributed by atoms with van der Waals surface area (Å²) in [5.41, 5.74) is 13.5. The number of rotatable bonds is 10. The molecule has 0 unspecified atom stereocenters. The molecule has 0 saturated heterocycles. The van der Waals surface area contributed by atoms with Crippen LogP contribution in [-0.4, -0.2) is 23.4 Å². The normalized spacial score (nSPS) is 11.1. The third-order valence-corrected chi connectivity index (χ3v) is 8.73. The molecule has 0 aliphatic heterocycles. The molecule has 0 heterocycles. The Morgan fingerprint density at radius 3 is 1.10 bits per heavy atom. The summed E-state index contributed by atoms with van der Waals surface area (Å²) in [6.07, 6.45) is 0.643. The van der Waals surface area contributed by atoms with Gasteiger partial charge >= 0.3 is 0 Å². The highest BCUT2D eigenvalue weighted by atomic mass is 16.5. The smallest absolute Gasteiger partial charge is 0.131 e. The molecular weight excluding hydrogens is 604 g/mol. The van der Waals surface area contributed by atoms with E-state index in [1.165, 1.54) is 0 Å². The van der Waals surface area contributed by atoms with Crippen LogP contribution in [0.25, 0.3) is 44.5 Å². The summed E-state index contributed by atoms with van der Waals surface area (Å²) >= 11 is 0. The van der Waals surface area contributed by atoms with Crippen LogP contribution in [0.4, 0.5) is 0 Å². The molecule has 6 rings (SSSR count). The second-order valence-electron chi connectivity index (χ2n) is 13.2. The van der Waals surface area contributed by atoms with Crippen molar-refractivity contribution in [2.75, 3.05) is 13.2 Å². The van der Waals surface area contributed by atoms with Gasteiger partial charge in [-0.25, -0.2) is 0 Å². The van der Waals surface area contributed by atoms with Gasteiger partial charge in [0, 0.05) is 39.8 Å². The van der Waals surface area contributed by atoms with Gasteiger partial charge in [-0.05, 0) is 100 Å². The van der Waals surface area contributed by atoms with E-state index in [4.69, 9.17) is 9.47 Å². The van der Waals surface area contributed by atoms with Gasteiger partial charge in [0.05, 0.1) is 13.2 Å². The van der Waals surface area contributed by atoms with Gasteiger partial charge in [0.15, 0.2) is 0 Å². The Hall–Kier alpha value is -5.48. The Morgan fingerprint density at radius 1 is 0.388 bits per heavy atom. The lowest BCUT2D eigenvalue weighted by Gasteiger charge is -2.17. The summed E-state index contributed by atoms with van der Waals surface area (Å²) in [5, 5.41) is 23.1. The number of phenols is 2. The Balaban J connectivity index is 1.18. The van der Waals surface area contributed by atoms with Gasteiger partial charge in [-0.15, -0.1) is 0 Å². The minimum absolute atomic E-state index is 0.242. The molecule has 0 aliphatic rings. The number of hydrogen-bond donors (Lipinski definition) is 2. The van der Waals surface area contributed by atoms with Crippen LogP contribution in [0.15, 0.2) is 109 Å². The topological polar surface area (TPSA) is 58.9 Å². The molecule has 0 aromatic heterocycles. The molecule has 0 radical (unpaired) electrons. The largest absolute Gasteiger partial charge is 0.507 e. The number of benzene rings is 6. The summed E-state index contributed by atoms with van der Waals surface area (Å²) in [6, 6.07) is 36.5. The average molecular weight is 649 g/mol. The predicted octanol–water partition coefficient (Wildman–Crippen LogP) is 11.5. The second-order valence-corrected chi connectivity index (χ2v) is 13.2. The van der Waals surface area contributed by atoms with E-state index in [1.807, 2.05) is 72.8 Å². The molecule has 0 bridgehead atoms. The van der Waals surface area contributed by atoms with Crippen LogP contribution in [0.3, 0.4) is 0 Å². The molecular formula is C45H44O4. The average Bonchev–Trinajstić information content (AvgIpc) is 3.06. The molecule has 0 spiro atoms. The molecule has 4 nitrogen and oxygen atoms in total. The Morgan fingerprint density at radius 2 is 0.714 bits per heavy atom. The van der Waals surface area contributed by atoms with Crippen molar-refractivity contribution in [2.45, 2.75) is 48.0 Å². The number of aromatic hydroxyl groups is 2. The second kappa shape index (κ2) is 14.3. The highest BCUT2D eigenvalue weighted by Crippen LogP contribution is 2.44. The first-order chi connectivity index (χ1) is 23.6. The Labute approximate surface area is 290 Å². The summed E-state index contributed by atoms with van der Waals surface area (Å²) in [6.45, 7) is 13.3. The van der Waals surface area contributed by atoms with Gasteiger partial charge in [-0.1, -0.05) is 95.1 Å². The van der Waals surface area contributed by atoms with Crippen molar-refractivity contribution in [3.8, 4) is 67.5 Å². The van der Waals surface area contributed by atoms with E-state index in [2.05, 4.69) is 77.9 Å². The van der Waals surface area contributed by atoms with Gasteiger partial charge in [0.2, 0.25) is 0 Å². The lowest BCUT2D eigenvalue weighted by Crippen LogP contribution is -2.06. The van der Waals surface area contributed by atoms with Crippen LogP contribution in [0.2, 0.25) is 0 Å². The van der Waals surface area contributed by atoms with E-state index in [-0.39, 0.29) is 11.5 Å². The van der Waals surface area contributed by atoms with Crippen LogP contribution in [-0.2, 0) is 0 Å². The van der Waals surface area contributed by atoms with E-state index >= 15 is 0 Å². The lowest BCUT2D eigenvalue weighted by molar-refractivity contribution is 0.248. The summed E-state index contributed by atoms with van der Waals surface area (Å²) in [5.74, 6) is 1.90. The van der Waals surface area contributed by atoms with Gasteiger partial charge in [-0.2, -0.15) is 0 Å². The Bertz CT molecular complexity index is 1950. The maximum absolute atomic E-state index is 11.5. The fourth-order valence-corrected chi connectivity index (χ4v) is 6.72. The van der Waals surface area contributed by atoms with Crippen LogP contribution >= 0.6 is 0 Å². The predicted molar refractivity (Wildman–Crippen MR) is 202 cm³/mol. The first-order valence-corrected chi connectivity index (χ1v) is 16.9. The van der Waals surface area contributed by atoms with Crippen LogP contribution in [0.5, 0.6) is 23.0 Å². The van der Waals surface area contributed by atoms with Gasteiger partial charge in [0.1, 0.15) is 23.0 Å². The highest BCUT2D eigenvalue weighted by molar-refractivity contribution is 5.86. The van der Waals surface area contributed by atoms with Crippen LogP contribution < -0.4 is 9.47 Å². The van der Waals surface area contributed by atoms with E-state index in [9.17, 15) is 10.2 Å². The number of phenolic OH excluding ortho intramolecular Hbond substituents is 2. The van der Waals surface area contributed by atoms with Gasteiger partial charge < -0.3 is 19.7 Å². The molecule has 49 heavy (non-hydrogen) atoms. The zero-order chi connectivity index (χ0) is 34.7. The fourth-order valence-electron chi connectivity index (χ4n) is 6.72. The quantitative estimate of drug-likeness (QED) is 0.145. The van der Waals surface area contributed by atoms with Crippen molar-refractivity contribution in [1.29, 1.82) is 0 Å². The number of para-hydroxylation sites is 2. The molecule has 0 saturated carbocycles. The molecule has 4 heteroatoms. The van der Waals surface area contributed by atoms with Gasteiger partial charge in [-0.3, -0.25) is 0 Å². The molecule has 0 fully saturated rings. The highest BCUT2D eigenvalue weighted by Gasteiger charge is 2.18. The third-order valence-electron chi connectivity index (χ3n) is 8.73. The summed E-state index contributed by atoms with van der Waals surface area (Å²) in [7, 11) is 0. The number of aryl methyl sites for hydroxylation is 6. The standard InChI is InChI=1S/C45H44O4/c1-28-18-29(2)21-34(20-28)38-24-32(5)26-40(44(38)46)36-12-7-9-14-42(36)48-16-11-17-49-43-15-10-8-13-37(43)41-27-33(6)25-39(45(41)47)35-22-30(3)19-31(4)23-35/h7-10,12-15,18-27,46-47H,11,16-17H2,1-6H3. The lowest BCUT2D eigenvalue weighted by atomic mass is 9.93. The van der Waals surface area contributed by atoms with Crippen LogP contribution in [0, 0.1) is 41.5 Å². The van der Waals surface area contributed by atoms with Crippen molar-refractivity contribution in [3.63, 3.8) is 0 Å². The first kappa shape index (κ1) is 33.4. The molecule has 2 N–H and O–H groups in total. The van der Waals surface area contributed by atoms with Crippen molar-refractivity contribution in [2.24, 2.45) is 0 Å². The summed E-state index contributed by atoms with van der Waals surface area (Å²) < 4.78 is 12.6.